The Labute approximate surface area is 401 Å². The van der Waals surface area contributed by atoms with Crippen molar-refractivity contribution in [1.82, 2.24) is 48.6 Å². The van der Waals surface area contributed by atoms with E-state index in [9.17, 15) is 28.8 Å². The monoisotopic (exact) mass is 940 g/mol. The molecule has 5 N–H and O–H groups in total. The van der Waals surface area contributed by atoms with E-state index in [1.54, 1.807) is 33.4 Å². The Morgan fingerprint density at radius 1 is 0.429 bits per heavy atom. The van der Waals surface area contributed by atoms with Crippen LogP contribution >= 0.6 is 0 Å². The van der Waals surface area contributed by atoms with Gasteiger partial charge in [0.15, 0.2) is 0 Å². The Morgan fingerprint density at radius 3 is 1.10 bits per heavy atom. The van der Waals surface area contributed by atoms with E-state index in [0.29, 0.717) is 105 Å². The Balaban J connectivity index is 1.52. The molecule has 2 aliphatic heterocycles. The first-order valence-corrected chi connectivity index (χ1v) is 24.0. The van der Waals surface area contributed by atoms with Gasteiger partial charge >= 0.3 is 17.1 Å². The lowest BCUT2D eigenvalue weighted by molar-refractivity contribution is 0.590. The van der Waals surface area contributed by atoms with E-state index < -0.39 is 33.7 Å². The van der Waals surface area contributed by atoms with E-state index in [-0.39, 0.29) is 17.7 Å². The molecule has 16 heteroatoms. The van der Waals surface area contributed by atoms with Gasteiger partial charge in [0.25, 0.3) is 16.7 Å². The average Bonchev–Trinajstić information content (AvgIpc) is 4.16. The number of unbranched alkanes of at least 4 members (excludes halogenated alkanes) is 3. The van der Waals surface area contributed by atoms with E-state index in [4.69, 9.17) is 9.97 Å². The molecule has 358 valence electrons. The topological polar surface area (TPSA) is 222 Å². The number of hydrogen-bond acceptors (Lipinski definition) is 8. The number of aromatic nitrogens is 10. The van der Waals surface area contributed by atoms with Gasteiger partial charge in [-0.3, -0.25) is 43.0 Å². The van der Waals surface area contributed by atoms with E-state index in [1.807, 2.05) is 45.0 Å². The fourth-order valence-corrected chi connectivity index (χ4v) is 9.25. The van der Waals surface area contributed by atoms with Crippen LogP contribution in [0.1, 0.15) is 108 Å². The fourth-order valence-electron chi connectivity index (χ4n) is 9.25. The summed E-state index contributed by atoms with van der Waals surface area (Å²) in [7, 11) is 0. The third kappa shape index (κ3) is 8.99. The van der Waals surface area contributed by atoms with Crippen LogP contribution < -0.4 is 33.7 Å². The highest BCUT2D eigenvalue weighted by Gasteiger charge is 2.24. The zero-order valence-corrected chi connectivity index (χ0v) is 40.2. The molecule has 0 radical (unpaired) electrons. The zero-order valence-electron chi connectivity index (χ0n) is 40.2. The number of benzene rings is 1. The van der Waals surface area contributed by atoms with Crippen LogP contribution in [0.2, 0.25) is 0 Å². The van der Waals surface area contributed by atoms with Crippen LogP contribution in [-0.2, 0) is 25.0 Å². The minimum absolute atomic E-state index is 0.115. The molecular formula is C54H56N10O6. The second-order valence-electron chi connectivity index (χ2n) is 18.8. The summed E-state index contributed by atoms with van der Waals surface area (Å²) < 4.78 is 4.62. The number of nitrogens with one attached hydrogen (secondary N) is 5. The lowest BCUT2D eigenvalue weighted by atomic mass is 9.86. The van der Waals surface area contributed by atoms with Crippen molar-refractivity contribution in [2.45, 2.75) is 105 Å². The summed E-state index contributed by atoms with van der Waals surface area (Å²) in [5.74, 6) is 0. The van der Waals surface area contributed by atoms with Crippen molar-refractivity contribution in [3.8, 4) is 44.9 Å². The quantitative estimate of drug-likeness (QED) is 0.0752. The van der Waals surface area contributed by atoms with Gasteiger partial charge in [-0.2, -0.15) is 0 Å². The first-order chi connectivity index (χ1) is 33.7. The third-order valence-electron chi connectivity index (χ3n) is 12.9. The number of nitrogens with zero attached hydrogens (tertiary/aromatic N) is 5. The molecule has 0 aliphatic carbocycles. The predicted molar refractivity (Wildman–Crippen MR) is 279 cm³/mol. The molecular weight excluding hydrogens is 885 g/mol. The van der Waals surface area contributed by atoms with Crippen LogP contribution in [-0.4, -0.2) is 48.6 Å². The number of aromatic amines is 5. The second-order valence-corrected chi connectivity index (χ2v) is 18.8. The summed E-state index contributed by atoms with van der Waals surface area (Å²) in [5, 5.41) is 0. The molecule has 8 bridgehead atoms. The molecule has 0 saturated carbocycles. The van der Waals surface area contributed by atoms with Gasteiger partial charge < -0.3 is 9.97 Å². The smallest absolute Gasteiger partial charge is 0.328 e. The Hall–Kier alpha value is -8.14. The van der Waals surface area contributed by atoms with Gasteiger partial charge in [-0.15, -0.1) is 0 Å². The van der Waals surface area contributed by atoms with Crippen LogP contribution in [0.4, 0.5) is 0 Å². The summed E-state index contributed by atoms with van der Waals surface area (Å²) in [6.45, 7) is 13.5. The Kier molecular flexibility index (Phi) is 12.8. The van der Waals surface area contributed by atoms with Gasteiger partial charge in [0.2, 0.25) is 0 Å². The lowest BCUT2D eigenvalue weighted by Gasteiger charge is -2.19. The number of hydrogen-bond donors (Lipinski definition) is 5. The van der Waals surface area contributed by atoms with Crippen molar-refractivity contribution >= 4 is 46.4 Å². The first kappa shape index (κ1) is 46.9. The fraction of sp³-hybridized carbons (Fsp3) is 0.296. The molecule has 9 rings (SSSR count). The van der Waals surface area contributed by atoms with Gasteiger partial charge in [-0.25, -0.2) is 24.4 Å². The van der Waals surface area contributed by atoms with Crippen LogP contribution in [0.25, 0.3) is 91.3 Å². The van der Waals surface area contributed by atoms with Crippen LogP contribution in [0, 0.1) is 0 Å². The zero-order chi connectivity index (χ0) is 49.4. The Morgan fingerprint density at radius 2 is 0.757 bits per heavy atom. The number of fused-ring (bicyclic) bond motifs is 8. The summed E-state index contributed by atoms with van der Waals surface area (Å²) >= 11 is 0. The third-order valence-corrected chi connectivity index (χ3v) is 12.9. The van der Waals surface area contributed by atoms with Crippen molar-refractivity contribution in [1.29, 1.82) is 0 Å². The lowest BCUT2D eigenvalue weighted by Crippen LogP contribution is -2.31. The molecule has 2 aliphatic rings. The molecule has 0 atom stereocenters. The minimum atomic E-state index is -0.615. The molecule has 16 nitrogen and oxygen atoms in total. The molecule has 8 heterocycles. The van der Waals surface area contributed by atoms with E-state index >= 15 is 0 Å². The van der Waals surface area contributed by atoms with Crippen LogP contribution in [0.3, 0.4) is 0 Å². The second kappa shape index (κ2) is 19.1. The van der Waals surface area contributed by atoms with Gasteiger partial charge in [-0.1, -0.05) is 85.1 Å². The van der Waals surface area contributed by atoms with Crippen molar-refractivity contribution in [3.05, 3.63) is 158 Å². The largest absolute Gasteiger partial charge is 0.354 e. The normalized spacial score (nSPS) is 12.3. The number of H-pyrrole nitrogens is 5. The van der Waals surface area contributed by atoms with Gasteiger partial charge in [0.1, 0.15) is 0 Å². The molecule has 0 saturated heterocycles. The average molecular weight is 941 g/mol. The van der Waals surface area contributed by atoms with Gasteiger partial charge in [0.05, 0.1) is 50.9 Å². The molecule has 70 heavy (non-hydrogen) atoms. The molecule has 0 fully saturated rings. The summed E-state index contributed by atoms with van der Waals surface area (Å²) in [4.78, 5) is 106. The van der Waals surface area contributed by atoms with E-state index in [0.717, 1.165) is 36.0 Å². The maximum Gasteiger partial charge on any atom is 0.328 e. The van der Waals surface area contributed by atoms with E-state index in [2.05, 4.69) is 70.0 Å². The maximum atomic E-state index is 13.7. The molecule has 0 unspecified atom stereocenters. The van der Waals surface area contributed by atoms with Crippen molar-refractivity contribution in [3.63, 3.8) is 0 Å². The minimum Gasteiger partial charge on any atom is -0.354 e. The molecule has 1 aromatic carbocycles. The summed E-state index contributed by atoms with van der Waals surface area (Å²) in [6, 6.07) is 20.2. The van der Waals surface area contributed by atoms with Crippen molar-refractivity contribution in [2.24, 2.45) is 0 Å². The van der Waals surface area contributed by atoms with Crippen LogP contribution in [0.15, 0.2) is 95.5 Å². The summed E-state index contributed by atoms with van der Waals surface area (Å²) in [5.41, 5.74) is 5.46. The maximum absolute atomic E-state index is 13.7. The van der Waals surface area contributed by atoms with E-state index in [1.165, 1.54) is 22.8 Å². The number of rotatable bonds is 13. The predicted octanol–water partition coefficient (Wildman–Crippen LogP) is 8.57. The van der Waals surface area contributed by atoms with Crippen LogP contribution in [0.5, 0.6) is 0 Å². The highest BCUT2D eigenvalue weighted by atomic mass is 16.2. The summed E-state index contributed by atoms with van der Waals surface area (Å²) in [6.07, 6.45) is 11.4. The molecule has 6 aromatic heterocycles. The first-order valence-electron chi connectivity index (χ1n) is 24.0. The molecule has 0 spiro atoms. The van der Waals surface area contributed by atoms with Crippen molar-refractivity contribution < 1.29 is 0 Å². The SMILES string of the molecule is CCCCn1c(-c2c3nc(c(-c4cc(=O)[nH]c(=O)n4CCCC)c4ccc([nH]4)c(-c4ccc(C(C)(C)C)cc4)c4ccc([nH]4)c(-c4cc(=O)[nH]c(=O)n4CCCC)c4nc2C=C4)C=C3)cc(=O)[nH]c1=O. The Bertz CT molecular complexity index is 3630. The van der Waals surface area contributed by atoms with Gasteiger partial charge in [0, 0.05) is 71.1 Å². The van der Waals surface area contributed by atoms with Crippen molar-refractivity contribution in [2.75, 3.05) is 0 Å². The highest BCUT2D eigenvalue weighted by Crippen LogP contribution is 2.38. The van der Waals surface area contributed by atoms with Gasteiger partial charge in [-0.05, 0) is 84.4 Å². The standard InChI is InChI=1S/C54H56N10O6/c1-7-10-25-62-41(28-44(65)59-51(62)68)48-35-19-17-33(55-35)47(31-13-15-32(16-14-31)54(4,5)6)34-18-20-36(56-34)49(42-29-45(66)60-52(69)63(42)26-11-8-2)38-22-24-40(58-38)50(39-23-21-37(48)57-39)43-30-46(67)61-53(70)64(43)27-12-9-3/h13-24,28-30,55-56H,7-12,25-27H2,1-6H3,(H,59,65,68)(H,60,66,69)(H,61,67,70). The molecule has 7 aromatic rings. The molecule has 0 amide bonds. The highest BCUT2D eigenvalue weighted by molar-refractivity contribution is 5.99.